The summed E-state index contributed by atoms with van der Waals surface area (Å²) in [6.45, 7) is 4.83. The van der Waals surface area contributed by atoms with Crippen LogP contribution in [0.15, 0.2) is 0 Å². The Balaban J connectivity index is 1.55. The van der Waals surface area contributed by atoms with Gasteiger partial charge in [0.2, 0.25) is 5.91 Å². The van der Waals surface area contributed by atoms with E-state index in [1.165, 1.54) is 10.0 Å². The zero-order valence-corrected chi connectivity index (χ0v) is 28.3. The quantitative estimate of drug-likeness (QED) is 0.107. The molecular formula is C30H51N9O10. The molecule has 0 aromatic carbocycles. The Labute approximate surface area is 284 Å². The monoisotopic (exact) mass is 697 g/mol. The van der Waals surface area contributed by atoms with Gasteiger partial charge in [-0.15, -0.1) is 0 Å². The van der Waals surface area contributed by atoms with E-state index in [0.717, 1.165) is 16.9 Å². The summed E-state index contributed by atoms with van der Waals surface area (Å²) in [6, 6.07) is -4.56. The van der Waals surface area contributed by atoms with E-state index in [4.69, 9.17) is 0 Å². The fourth-order valence-electron chi connectivity index (χ4n) is 6.42. The number of aliphatic hydroxyl groups excluding tert-OH is 3. The summed E-state index contributed by atoms with van der Waals surface area (Å²) < 4.78 is 0. The van der Waals surface area contributed by atoms with Gasteiger partial charge in [0, 0.05) is 32.6 Å². The second-order valence-electron chi connectivity index (χ2n) is 13.4. The van der Waals surface area contributed by atoms with Crippen LogP contribution in [0.4, 0.5) is 0 Å². The van der Waals surface area contributed by atoms with Crippen LogP contribution in [0.3, 0.4) is 0 Å². The predicted molar refractivity (Wildman–Crippen MR) is 170 cm³/mol. The summed E-state index contributed by atoms with van der Waals surface area (Å²) in [5.74, 6) is -5.21. The molecule has 276 valence electrons. The van der Waals surface area contributed by atoms with Gasteiger partial charge in [0.1, 0.15) is 30.3 Å². The van der Waals surface area contributed by atoms with Gasteiger partial charge in [-0.3, -0.25) is 44.0 Å². The molecule has 0 aromatic rings. The van der Waals surface area contributed by atoms with Crippen LogP contribution >= 0.6 is 0 Å². The van der Waals surface area contributed by atoms with Gasteiger partial charge >= 0.3 is 5.97 Å². The molecule has 4 aliphatic heterocycles. The first-order valence-corrected chi connectivity index (χ1v) is 17.0. The molecule has 5 amide bonds. The SMILES string of the molecule is CC[C@H](C)[C@H](O)C(=O)N1NCCCC1C(=O)N1NCCCC1C(=O)N1NCCCC1C(=O)N1NCC(O)CC1C(=O)N[C@](C)(CO)C(=O)O. The van der Waals surface area contributed by atoms with Crippen LogP contribution in [0.2, 0.25) is 0 Å². The van der Waals surface area contributed by atoms with Crippen molar-refractivity contribution in [3.05, 3.63) is 0 Å². The fraction of sp³-hybridized carbons (Fsp3) is 0.800. The lowest BCUT2D eigenvalue weighted by atomic mass is 9.98. The van der Waals surface area contributed by atoms with Crippen LogP contribution in [0.25, 0.3) is 0 Å². The van der Waals surface area contributed by atoms with Crippen molar-refractivity contribution in [2.75, 3.05) is 32.8 Å². The summed E-state index contributed by atoms with van der Waals surface area (Å²) in [6.07, 6.45) is 0.315. The van der Waals surface area contributed by atoms with Gasteiger partial charge in [0.05, 0.1) is 12.7 Å². The number of hydrogen-bond acceptors (Lipinski definition) is 13. The Kier molecular flexibility index (Phi) is 12.9. The second kappa shape index (κ2) is 16.5. The highest BCUT2D eigenvalue weighted by Gasteiger charge is 2.48. The van der Waals surface area contributed by atoms with Crippen LogP contribution in [-0.2, 0) is 28.8 Å². The van der Waals surface area contributed by atoms with Crippen molar-refractivity contribution in [2.24, 2.45) is 5.92 Å². The Bertz CT molecular complexity index is 1260. The standard InChI is InChI=1S/C30H51N9O10/c1-4-17(2)23(42)28(47)38-21(10-7-13-33-38)26(45)36-19(8-5-11-31-36)25(44)37-20(9-6-12-32-37)27(46)39-22(14-18(41)15-34-39)24(43)35-30(3,16-40)29(48)49/h17-23,31-34,40-42H,4-16H2,1-3H3,(H,35,43)(H,48,49)/t17-,18?,19?,20?,21?,22?,23-,30+/m0/s1. The number of nitrogens with zero attached hydrogens (tertiary/aromatic N) is 4. The fourth-order valence-corrected chi connectivity index (χ4v) is 6.42. The molecule has 0 radical (unpaired) electrons. The van der Waals surface area contributed by atoms with Gasteiger partial charge in [-0.1, -0.05) is 20.3 Å². The molecule has 0 aliphatic carbocycles. The first-order valence-electron chi connectivity index (χ1n) is 17.0. The predicted octanol–water partition coefficient (Wildman–Crippen LogP) is -3.70. The molecule has 4 rings (SSSR count). The van der Waals surface area contributed by atoms with E-state index in [0.29, 0.717) is 51.7 Å². The summed E-state index contributed by atoms with van der Waals surface area (Å²) in [4.78, 5) is 80.7. The Morgan fingerprint density at radius 1 is 0.796 bits per heavy atom. The number of carbonyl (C=O) groups excluding carboxylic acids is 5. The van der Waals surface area contributed by atoms with Crippen molar-refractivity contribution in [3.8, 4) is 0 Å². The largest absolute Gasteiger partial charge is 0.479 e. The van der Waals surface area contributed by atoms with E-state index < -0.39 is 84.0 Å². The lowest BCUT2D eigenvalue weighted by Gasteiger charge is -2.46. The van der Waals surface area contributed by atoms with Gasteiger partial charge < -0.3 is 25.7 Å². The molecule has 4 aliphatic rings. The number of carboxylic acids is 1. The third-order valence-electron chi connectivity index (χ3n) is 9.78. The van der Waals surface area contributed by atoms with Gasteiger partial charge in [-0.05, 0) is 51.4 Å². The molecule has 4 saturated heterocycles. The molecule has 0 bridgehead atoms. The summed E-state index contributed by atoms with van der Waals surface area (Å²) in [5, 5.41) is 46.9. The first-order chi connectivity index (χ1) is 23.2. The van der Waals surface area contributed by atoms with Gasteiger partial charge in [-0.25, -0.2) is 26.5 Å². The van der Waals surface area contributed by atoms with Gasteiger partial charge in [-0.2, -0.15) is 0 Å². The molecule has 0 saturated carbocycles. The van der Waals surface area contributed by atoms with Crippen LogP contribution in [0, 0.1) is 5.92 Å². The molecule has 0 aromatic heterocycles. The highest BCUT2D eigenvalue weighted by atomic mass is 16.4. The number of hydrazine groups is 4. The molecule has 49 heavy (non-hydrogen) atoms. The van der Waals surface area contributed by atoms with Crippen molar-refractivity contribution in [2.45, 2.75) is 114 Å². The zero-order chi connectivity index (χ0) is 36.0. The van der Waals surface area contributed by atoms with Crippen molar-refractivity contribution in [1.29, 1.82) is 0 Å². The maximum absolute atomic E-state index is 14.3. The summed E-state index contributed by atoms with van der Waals surface area (Å²) in [5.41, 5.74) is 9.60. The minimum Gasteiger partial charge on any atom is -0.479 e. The Morgan fingerprint density at radius 2 is 1.24 bits per heavy atom. The van der Waals surface area contributed by atoms with E-state index in [1.807, 2.05) is 6.92 Å². The maximum Gasteiger partial charge on any atom is 0.331 e. The third kappa shape index (κ3) is 8.30. The van der Waals surface area contributed by atoms with Crippen LogP contribution in [0.1, 0.15) is 72.1 Å². The first kappa shape index (κ1) is 38.3. The Morgan fingerprint density at radius 3 is 1.69 bits per heavy atom. The average molecular weight is 698 g/mol. The number of β-amino-alcohol motifs (C(OH)–C–C–N with tert-alkyl or cyclic N) is 1. The highest BCUT2D eigenvalue weighted by molar-refractivity contribution is 5.96. The van der Waals surface area contributed by atoms with Crippen LogP contribution in [-0.4, -0.2) is 151 Å². The van der Waals surface area contributed by atoms with E-state index in [9.17, 15) is 49.2 Å². The van der Waals surface area contributed by atoms with E-state index >= 15 is 0 Å². The Hall–Kier alpha value is -3.46. The maximum atomic E-state index is 14.3. The molecule has 0 spiro atoms. The minimum absolute atomic E-state index is 0.0922. The third-order valence-corrected chi connectivity index (χ3v) is 9.78. The molecule has 19 nitrogen and oxygen atoms in total. The number of aliphatic carboxylic acids is 1. The topological polar surface area (TPSA) is 256 Å². The number of rotatable bonds is 10. The van der Waals surface area contributed by atoms with Gasteiger partial charge in [0.25, 0.3) is 23.6 Å². The van der Waals surface area contributed by atoms with E-state index in [1.54, 1.807) is 6.92 Å². The summed E-state index contributed by atoms with van der Waals surface area (Å²) in [7, 11) is 0. The van der Waals surface area contributed by atoms with Crippen molar-refractivity contribution in [3.63, 3.8) is 0 Å². The molecule has 4 fully saturated rings. The lowest BCUT2D eigenvalue weighted by molar-refractivity contribution is -0.170. The number of aliphatic hydroxyl groups is 3. The van der Waals surface area contributed by atoms with Crippen molar-refractivity contribution < 1.29 is 49.2 Å². The molecule has 9 N–H and O–H groups in total. The number of nitrogens with one attached hydrogen (secondary N) is 5. The average Bonchev–Trinajstić information content (AvgIpc) is 3.12. The number of carboxylic acid groups (broad SMARTS) is 1. The molecule has 8 atom stereocenters. The van der Waals surface area contributed by atoms with Crippen LogP contribution < -0.4 is 27.0 Å². The highest BCUT2D eigenvalue weighted by Crippen LogP contribution is 2.25. The van der Waals surface area contributed by atoms with Gasteiger partial charge in [0.15, 0.2) is 5.54 Å². The van der Waals surface area contributed by atoms with E-state index in [-0.39, 0.29) is 31.7 Å². The molecule has 19 heteroatoms. The summed E-state index contributed by atoms with van der Waals surface area (Å²) >= 11 is 0. The molecule has 5 unspecified atom stereocenters. The zero-order valence-electron chi connectivity index (χ0n) is 28.3. The van der Waals surface area contributed by atoms with Crippen molar-refractivity contribution >= 4 is 35.5 Å². The van der Waals surface area contributed by atoms with Crippen LogP contribution in [0.5, 0.6) is 0 Å². The number of carbonyl (C=O) groups is 6. The second-order valence-corrected chi connectivity index (χ2v) is 13.4. The number of hydrogen-bond donors (Lipinski definition) is 9. The lowest BCUT2D eigenvalue weighted by Crippen LogP contribution is -2.71. The normalized spacial score (nSPS) is 29.0. The van der Waals surface area contributed by atoms with E-state index in [2.05, 4.69) is 27.0 Å². The van der Waals surface area contributed by atoms with Crippen molar-refractivity contribution in [1.82, 2.24) is 47.1 Å². The minimum atomic E-state index is -2.05. The molecular weight excluding hydrogens is 646 g/mol. The smallest absolute Gasteiger partial charge is 0.331 e. The molecule has 4 heterocycles. The number of amides is 5.